The minimum atomic E-state index is 0.236. The van der Waals surface area contributed by atoms with Crippen molar-refractivity contribution in [1.82, 2.24) is 4.90 Å². The maximum atomic E-state index is 10.1. The standard InChI is InChI=1S/C16H25NO3/c1-11(2)7-17(8-12(3)4)9-13-5-15-16(6-14(13)18)20-10-19-15/h5-6,11-12,18H,7-10H2,1-4H3. The first-order valence-corrected chi connectivity index (χ1v) is 7.29. The second-order valence-corrected chi connectivity index (χ2v) is 6.32. The van der Waals surface area contributed by atoms with Crippen LogP contribution in [0.15, 0.2) is 12.1 Å². The van der Waals surface area contributed by atoms with Gasteiger partial charge in [-0.2, -0.15) is 0 Å². The normalized spacial score (nSPS) is 13.8. The monoisotopic (exact) mass is 279 g/mol. The van der Waals surface area contributed by atoms with E-state index in [4.69, 9.17) is 9.47 Å². The molecule has 1 heterocycles. The second-order valence-electron chi connectivity index (χ2n) is 6.32. The molecule has 1 aliphatic rings. The van der Waals surface area contributed by atoms with Crippen LogP contribution in [-0.2, 0) is 6.54 Å². The average molecular weight is 279 g/mol. The van der Waals surface area contributed by atoms with Gasteiger partial charge in [0, 0.05) is 31.3 Å². The van der Waals surface area contributed by atoms with Gasteiger partial charge in [0.2, 0.25) is 6.79 Å². The molecule has 0 bridgehead atoms. The van der Waals surface area contributed by atoms with Gasteiger partial charge in [-0.25, -0.2) is 0 Å². The Bertz CT molecular complexity index is 447. The largest absolute Gasteiger partial charge is 0.507 e. The molecule has 4 heteroatoms. The summed E-state index contributed by atoms with van der Waals surface area (Å²) < 4.78 is 10.7. The minimum absolute atomic E-state index is 0.236. The predicted octanol–water partition coefficient (Wildman–Crippen LogP) is 3.23. The van der Waals surface area contributed by atoms with Crippen molar-refractivity contribution < 1.29 is 14.6 Å². The third-order valence-corrected chi connectivity index (χ3v) is 3.21. The maximum absolute atomic E-state index is 10.1. The lowest BCUT2D eigenvalue weighted by molar-refractivity contribution is 0.173. The Morgan fingerprint density at radius 1 is 1.05 bits per heavy atom. The number of phenolic OH excluding ortho intramolecular Hbond substituents is 1. The highest BCUT2D eigenvalue weighted by Crippen LogP contribution is 2.38. The highest BCUT2D eigenvalue weighted by molar-refractivity contribution is 5.51. The molecular weight excluding hydrogens is 254 g/mol. The molecule has 0 atom stereocenters. The first-order valence-electron chi connectivity index (χ1n) is 7.29. The number of ether oxygens (including phenoxy) is 2. The molecule has 0 aromatic heterocycles. The minimum Gasteiger partial charge on any atom is -0.507 e. The summed E-state index contributed by atoms with van der Waals surface area (Å²) in [4.78, 5) is 2.38. The molecule has 2 rings (SSSR count). The smallest absolute Gasteiger partial charge is 0.231 e. The average Bonchev–Trinajstić information content (AvgIpc) is 2.74. The van der Waals surface area contributed by atoms with E-state index < -0.39 is 0 Å². The van der Waals surface area contributed by atoms with Crippen molar-refractivity contribution in [2.24, 2.45) is 11.8 Å². The van der Waals surface area contributed by atoms with Crippen molar-refractivity contribution >= 4 is 0 Å². The first kappa shape index (κ1) is 15.0. The second kappa shape index (κ2) is 6.35. The van der Waals surface area contributed by atoms with Crippen LogP contribution in [-0.4, -0.2) is 29.9 Å². The number of benzene rings is 1. The summed E-state index contributed by atoms with van der Waals surface area (Å²) >= 11 is 0. The third kappa shape index (κ3) is 3.79. The van der Waals surface area contributed by atoms with Crippen LogP contribution in [0.2, 0.25) is 0 Å². The fraction of sp³-hybridized carbons (Fsp3) is 0.625. The molecule has 4 nitrogen and oxygen atoms in total. The lowest BCUT2D eigenvalue weighted by Gasteiger charge is -2.26. The van der Waals surface area contributed by atoms with Crippen molar-refractivity contribution in [2.45, 2.75) is 34.2 Å². The summed E-state index contributed by atoms with van der Waals surface area (Å²) in [7, 11) is 0. The van der Waals surface area contributed by atoms with Gasteiger partial charge < -0.3 is 14.6 Å². The van der Waals surface area contributed by atoms with Crippen molar-refractivity contribution in [3.63, 3.8) is 0 Å². The molecule has 0 fully saturated rings. The Labute approximate surface area is 121 Å². The van der Waals surface area contributed by atoms with E-state index in [0.717, 1.165) is 30.9 Å². The number of hydrogen-bond acceptors (Lipinski definition) is 4. The summed E-state index contributed by atoms with van der Waals surface area (Å²) in [5.41, 5.74) is 0.899. The molecule has 20 heavy (non-hydrogen) atoms. The molecule has 1 aliphatic heterocycles. The summed E-state index contributed by atoms with van der Waals surface area (Å²) in [5, 5.41) is 10.1. The van der Waals surface area contributed by atoms with Crippen LogP contribution < -0.4 is 9.47 Å². The first-order chi connectivity index (χ1) is 9.45. The van der Waals surface area contributed by atoms with Gasteiger partial charge in [-0.15, -0.1) is 0 Å². The van der Waals surface area contributed by atoms with E-state index in [9.17, 15) is 5.11 Å². The topological polar surface area (TPSA) is 41.9 Å². The van der Waals surface area contributed by atoms with Crippen LogP contribution >= 0.6 is 0 Å². The Hall–Kier alpha value is -1.42. The molecule has 0 saturated heterocycles. The van der Waals surface area contributed by atoms with Gasteiger partial charge in [-0.1, -0.05) is 27.7 Å². The van der Waals surface area contributed by atoms with Gasteiger partial charge in [0.05, 0.1) is 0 Å². The molecular formula is C16H25NO3. The zero-order valence-electron chi connectivity index (χ0n) is 12.8. The molecule has 1 aromatic rings. The molecule has 0 saturated carbocycles. The van der Waals surface area contributed by atoms with E-state index in [-0.39, 0.29) is 12.5 Å². The Morgan fingerprint density at radius 3 is 2.15 bits per heavy atom. The quantitative estimate of drug-likeness (QED) is 0.868. The lowest BCUT2D eigenvalue weighted by atomic mass is 10.1. The molecule has 0 radical (unpaired) electrons. The summed E-state index contributed by atoms with van der Waals surface area (Å²) in [6.45, 7) is 11.9. The van der Waals surface area contributed by atoms with Crippen LogP contribution in [0.5, 0.6) is 17.2 Å². The van der Waals surface area contributed by atoms with E-state index >= 15 is 0 Å². The van der Waals surface area contributed by atoms with Gasteiger partial charge in [-0.3, -0.25) is 4.90 Å². The van der Waals surface area contributed by atoms with Crippen LogP contribution in [0.25, 0.3) is 0 Å². The summed E-state index contributed by atoms with van der Waals surface area (Å²) in [6, 6.07) is 3.55. The number of hydrogen-bond donors (Lipinski definition) is 1. The highest BCUT2D eigenvalue weighted by atomic mass is 16.7. The van der Waals surface area contributed by atoms with E-state index in [2.05, 4.69) is 32.6 Å². The van der Waals surface area contributed by atoms with E-state index in [1.165, 1.54) is 0 Å². The molecule has 112 valence electrons. The predicted molar refractivity (Wildman–Crippen MR) is 79.2 cm³/mol. The van der Waals surface area contributed by atoms with Gasteiger partial charge >= 0.3 is 0 Å². The number of rotatable bonds is 6. The lowest BCUT2D eigenvalue weighted by Crippen LogP contribution is -2.30. The van der Waals surface area contributed by atoms with Gasteiger partial charge in [0.15, 0.2) is 11.5 Å². The van der Waals surface area contributed by atoms with E-state index in [1.54, 1.807) is 6.07 Å². The van der Waals surface area contributed by atoms with Gasteiger partial charge in [0.1, 0.15) is 5.75 Å². The Morgan fingerprint density at radius 2 is 1.60 bits per heavy atom. The summed E-state index contributed by atoms with van der Waals surface area (Å²) in [6.07, 6.45) is 0. The molecule has 0 unspecified atom stereocenters. The van der Waals surface area contributed by atoms with Crippen molar-refractivity contribution in [3.05, 3.63) is 17.7 Å². The van der Waals surface area contributed by atoms with E-state index in [1.807, 2.05) is 6.07 Å². The fourth-order valence-corrected chi connectivity index (χ4v) is 2.58. The molecule has 0 spiro atoms. The van der Waals surface area contributed by atoms with Crippen molar-refractivity contribution in [1.29, 1.82) is 0 Å². The summed E-state index contributed by atoms with van der Waals surface area (Å²) in [5.74, 6) is 2.85. The van der Waals surface area contributed by atoms with Gasteiger partial charge in [-0.05, 0) is 17.9 Å². The van der Waals surface area contributed by atoms with Crippen LogP contribution in [0, 0.1) is 11.8 Å². The van der Waals surface area contributed by atoms with Crippen LogP contribution in [0.4, 0.5) is 0 Å². The van der Waals surface area contributed by atoms with Crippen LogP contribution in [0.1, 0.15) is 33.3 Å². The van der Waals surface area contributed by atoms with Crippen molar-refractivity contribution in [3.8, 4) is 17.2 Å². The molecule has 0 aliphatic carbocycles. The highest BCUT2D eigenvalue weighted by Gasteiger charge is 2.19. The molecule has 1 aromatic carbocycles. The van der Waals surface area contributed by atoms with Crippen molar-refractivity contribution in [2.75, 3.05) is 19.9 Å². The van der Waals surface area contributed by atoms with Crippen LogP contribution in [0.3, 0.4) is 0 Å². The molecule has 0 amide bonds. The zero-order chi connectivity index (χ0) is 14.7. The maximum Gasteiger partial charge on any atom is 0.231 e. The fourth-order valence-electron chi connectivity index (χ4n) is 2.58. The van der Waals surface area contributed by atoms with Gasteiger partial charge in [0.25, 0.3) is 0 Å². The van der Waals surface area contributed by atoms with E-state index in [0.29, 0.717) is 17.6 Å². The molecule has 1 N–H and O–H groups in total. The Kier molecular flexibility index (Phi) is 4.76. The zero-order valence-corrected chi connectivity index (χ0v) is 12.8. The number of nitrogens with zero attached hydrogens (tertiary/aromatic N) is 1. The SMILES string of the molecule is CC(C)CN(Cc1cc2c(cc1O)OCO2)CC(C)C. The Balaban J connectivity index is 2.13. The number of aromatic hydroxyl groups is 1. The third-order valence-electron chi connectivity index (χ3n) is 3.21. The number of fused-ring (bicyclic) bond motifs is 1. The number of phenols is 1.